The monoisotopic (exact) mass is 350 g/mol. The van der Waals surface area contributed by atoms with Gasteiger partial charge >= 0.3 is 0 Å². The molecule has 2 aromatic rings. The molecule has 0 radical (unpaired) electrons. The summed E-state index contributed by atoms with van der Waals surface area (Å²) in [6.07, 6.45) is 1.45. The minimum absolute atomic E-state index is 0.0432. The summed E-state index contributed by atoms with van der Waals surface area (Å²) >= 11 is 0. The quantitative estimate of drug-likeness (QED) is 0.708. The lowest BCUT2D eigenvalue weighted by Gasteiger charge is -2.33. The largest absolute Gasteiger partial charge is 0.493 e. The molecule has 25 heavy (non-hydrogen) atoms. The predicted octanol–water partition coefficient (Wildman–Crippen LogP) is 1.16. The fraction of sp³-hybridized carbons (Fsp3) is 0.375. The first-order chi connectivity index (χ1) is 12.0. The third-order valence-corrected chi connectivity index (χ3v) is 3.83. The average molecular weight is 350 g/mol. The first-order valence-corrected chi connectivity index (χ1v) is 7.27. The Bertz CT molecular complexity index is 750. The van der Waals surface area contributed by atoms with Crippen molar-refractivity contribution in [1.29, 1.82) is 0 Å². The Kier molecular flexibility index (Phi) is 5.50. The Labute approximate surface area is 145 Å². The molecule has 4 N–H and O–H groups in total. The fourth-order valence-electron chi connectivity index (χ4n) is 2.69. The second kappa shape index (κ2) is 7.41. The van der Waals surface area contributed by atoms with Crippen LogP contribution in [0, 0.1) is 0 Å². The number of methoxy groups -OCH3 is 5. The second-order valence-electron chi connectivity index (χ2n) is 4.93. The van der Waals surface area contributed by atoms with Crippen LogP contribution in [0.15, 0.2) is 18.3 Å². The number of nitrogens with two attached hydrogens (primary N) is 2. The summed E-state index contributed by atoms with van der Waals surface area (Å²) in [6.45, 7) is 0. The molecule has 0 spiro atoms. The molecule has 1 aromatic heterocycles. The molecule has 0 atom stereocenters. The van der Waals surface area contributed by atoms with Gasteiger partial charge in [0, 0.05) is 20.4 Å². The molecule has 2 rings (SSSR count). The molecule has 1 heterocycles. The number of nitrogen functional groups attached to an aromatic ring is 2. The van der Waals surface area contributed by atoms with Crippen molar-refractivity contribution < 1.29 is 23.7 Å². The van der Waals surface area contributed by atoms with Gasteiger partial charge in [-0.3, -0.25) is 0 Å². The summed E-state index contributed by atoms with van der Waals surface area (Å²) in [5, 5.41) is 0. The van der Waals surface area contributed by atoms with Gasteiger partial charge in [-0.15, -0.1) is 0 Å². The van der Waals surface area contributed by atoms with Crippen LogP contribution < -0.4 is 25.7 Å². The summed E-state index contributed by atoms with van der Waals surface area (Å²) in [6, 6.07) is 3.43. The fourth-order valence-corrected chi connectivity index (χ4v) is 2.69. The number of hydrogen-bond acceptors (Lipinski definition) is 9. The number of ether oxygens (including phenoxy) is 5. The number of benzene rings is 1. The van der Waals surface area contributed by atoms with Gasteiger partial charge in [-0.05, 0) is 12.1 Å². The number of aromatic nitrogens is 2. The first-order valence-electron chi connectivity index (χ1n) is 7.27. The summed E-state index contributed by atoms with van der Waals surface area (Å²) in [5.41, 5.74) is 12.5. The van der Waals surface area contributed by atoms with Crippen LogP contribution in [0.4, 0.5) is 11.8 Å². The third-order valence-electron chi connectivity index (χ3n) is 3.83. The zero-order valence-electron chi connectivity index (χ0n) is 14.8. The summed E-state index contributed by atoms with van der Waals surface area (Å²) in [7, 11) is 7.47. The van der Waals surface area contributed by atoms with E-state index in [1.807, 2.05) is 0 Å². The molecule has 0 aliphatic heterocycles. The van der Waals surface area contributed by atoms with Crippen molar-refractivity contribution in [3.05, 3.63) is 29.5 Å². The van der Waals surface area contributed by atoms with E-state index in [1.165, 1.54) is 41.7 Å². The minimum Gasteiger partial charge on any atom is -0.493 e. The molecule has 0 aliphatic rings. The third kappa shape index (κ3) is 2.99. The molecule has 0 saturated carbocycles. The van der Waals surface area contributed by atoms with Crippen molar-refractivity contribution in [2.45, 2.75) is 5.79 Å². The highest BCUT2D eigenvalue weighted by Gasteiger charge is 2.41. The lowest BCUT2D eigenvalue weighted by atomic mass is 9.96. The van der Waals surface area contributed by atoms with Gasteiger partial charge in [0.25, 0.3) is 0 Å². The molecule has 9 heteroatoms. The number of hydrogen-bond donors (Lipinski definition) is 2. The van der Waals surface area contributed by atoms with Crippen LogP contribution in [0.2, 0.25) is 0 Å². The van der Waals surface area contributed by atoms with Crippen molar-refractivity contribution in [2.24, 2.45) is 0 Å². The number of anilines is 2. The molecule has 0 bridgehead atoms. The Hall–Kier alpha value is -2.78. The van der Waals surface area contributed by atoms with Gasteiger partial charge in [0.15, 0.2) is 11.5 Å². The Balaban J connectivity index is 2.81. The van der Waals surface area contributed by atoms with E-state index >= 15 is 0 Å². The van der Waals surface area contributed by atoms with Gasteiger partial charge in [0.1, 0.15) is 5.82 Å². The maximum absolute atomic E-state index is 6.03. The molecule has 0 aliphatic carbocycles. The van der Waals surface area contributed by atoms with Gasteiger partial charge in [-0.2, -0.15) is 4.98 Å². The van der Waals surface area contributed by atoms with E-state index in [1.54, 1.807) is 12.1 Å². The minimum atomic E-state index is -1.44. The summed E-state index contributed by atoms with van der Waals surface area (Å²) < 4.78 is 27.7. The number of rotatable bonds is 7. The molecule has 0 fully saturated rings. The van der Waals surface area contributed by atoms with E-state index in [0.717, 1.165) is 0 Å². The molecule has 9 nitrogen and oxygen atoms in total. The standard InChI is InChI=1S/C16H22N4O5/c1-21-11-7-6-9(12(22-2)13(11)23-3)16(24-4,25-5)10-8-19-15(18)20-14(10)17/h6-8H,1-5H3,(H4,17,18,19,20). The van der Waals surface area contributed by atoms with Gasteiger partial charge in [-0.25, -0.2) is 4.98 Å². The van der Waals surface area contributed by atoms with Crippen LogP contribution in [-0.4, -0.2) is 45.5 Å². The van der Waals surface area contributed by atoms with E-state index in [0.29, 0.717) is 28.4 Å². The molecule has 0 unspecified atom stereocenters. The first kappa shape index (κ1) is 18.6. The molecule has 136 valence electrons. The van der Waals surface area contributed by atoms with Gasteiger partial charge in [-0.1, -0.05) is 0 Å². The van der Waals surface area contributed by atoms with Gasteiger partial charge < -0.3 is 35.2 Å². The Morgan fingerprint density at radius 2 is 1.48 bits per heavy atom. The van der Waals surface area contributed by atoms with Gasteiger partial charge in [0.05, 0.1) is 32.5 Å². The highest BCUT2D eigenvalue weighted by atomic mass is 16.7. The smallest absolute Gasteiger partial charge is 0.230 e. The normalized spacial score (nSPS) is 11.2. The van der Waals surface area contributed by atoms with E-state index < -0.39 is 5.79 Å². The van der Waals surface area contributed by atoms with Crippen LogP contribution in [0.1, 0.15) is 11.1 Å². The molecular formula is C16H22N4O5. The van der Waals surface area contributed by atoms with Crippen LogP contribution in [0.25, 0.3) is 0 Å². The highest BCUT2D eigenvalue weighted by Crippen LogP contribution is 2.48. The van der Waals surface area contributed by atoms with E-state index in [-0.39, 0.29) is 11.8 Å². The van der Waals surface area contributed by atoms with Crippen LogP contribution in [-0.2, 0) is 15.3 Å². The molecule has 1 aromatic carbocycles. The van der Waals surface area contributed by atoms with E-state index in [4.69, 9.17) is 35.2 Å². The second-order valence-corrected chi connectivity index (χ2v) is 4.93. The van der Waals surface area contributed by atoms with E-state index in [9.17, 15) is 0 Å². The van der Waals surface area contributed by atoms with Crippen molar-refractivity contribution in [2.75, 3.05) is 47.0 Å². The summed E-state index contributed by atoms with van der Waals surface area (Å²) in [5.74, 6) is -0.0408. The molecule has 0 amide bonds. The zero-order chi connectivity index (χ0) is 18.6. The average Bonchev–Trinajstić information content (AvgIpc) is 2.63. The number of nitrogens with zero attached hydrogens (tertiary/aromatic N) is 2. The topological polar surface area (TPSA) is 124 Å². The van der Waals surface area contributed by atoms with Crippen molar-refractivity contribution >= 4 is 11.8 Å². The van der Waals surface area contributed by atoms with Crippen molar-refractivity contribution in [3.63, 3.8) is 0 Å². The van der Waals surface area contributed by atoms with E-state index in [2.05, 4.69) is 9.97 Å². The molecule has 0 saturated heterocycles. The Morgan fingerprint density at radius 1 is 0.840 bits per heavy atom. The van der Waals surface area contributed by atoms with Crippen molar-refractivity contribution in [1.82, 2.24) is 9.97 Å². The highest BCUT2D eigenvalue weighted by molar-refractivity contribution is 5.60. The SMILES string of the molecule is COc1ccc(C(OC)(OC)c2cnc(N)nc2N)c(OC)c1OC. The van der Waals surface area contributed by atoms with Crippen LogP contribution in [0.5, 0.6) is 17.2 Å². The van der Waals surface area contributed by atoms with Crippen LogP contribution in [0.3, 0.4) is 0 Å². The maximum atomic E-state index is 6.03. The predicted molar refractivity (Wildman–Crippen MR) is 91.8 cm³/mol. The lowest BCUT2D eigenvalue weighted by molar-refractivity contribution is -0.184. The Morgan fingerprint density at radius 3 is 1.96 bits per heavy atom. The maximum Gasteiger partial charge on any atom is 0.230 e. The lowest BCUT2D eigenvalue weighted by Crippen LogP contribution is -2.34. The van der Waals surface area contributed by atoms with Crippen molar-refractivity contribution in [3.8, 4) is 17.2 Å². The zero-order valence-corrected chi connectivity index (χ0v) is 14.8. The molecular weight excluding hydrogens is 328 g/mol. The van der Waals surface area contributed by atoms with Crippen LogP contribution >= 0.6 is 0 Å². The summed E-state index contributed by atoms with van der Waals surface area (Å²) in [4.78, 5) is 7.97. The van der Waals surface area contributed by atoms with Gasteiger partial charge in [0.2, 0.25) is 17.5 Å².